The number of hydrogen-bond acceptors (Lipinski definition) is 7. The number of rotatable bonds is 13. The maximum atomic E-state index is 13.8. The van der Waals surface area contributed by atoms with E-state index in [0.717, 1.165) is 64.4 Å². The Morgan fingerprint density at radius 3 is 2.16 bits per heavy atom. The number of H-pyrrole nitrogens is 1. The van der Waals surface area contributed by atoms with E-state index >= 15 is 0 Å². The Labute approximate surface area is 336 Å². The minimum Gasteiger partial charge on any atom is -0.475 e. The minimum absolute atomic E-state index is 0.108. The third kappa shape index (κ3) is 13.8. The number of carbonyl (C=O) groups is 5. The number of alkyl carbamates (subject to hydrolysis) is 1. The van der Waals surface area contributed by atoms with E-state index in [9.17, 15) is 32.3 Å². The molecule has 0 aliphatic heterocycles. The van der Waals surface area contributed by atoms with E-state index in [4.69, 9.17) is 14.6 Å². The third-order valence-corrected chi connectivity index (χ3v) is 9.90. The van der Waals surface area contributed by atoms with E-state index in [1.165, 1.54) is 0 Å². The molecule has 11 nitrogen and oxygen atoms in total. The zero-order valence-electron chi connectivity index (χ0n) is 33.8. The first-order valence-electron chi connectivity index (χ1n) is 19.4. The molecule has 1 heterocycles. The number of Topliss-reactive ketones (excluding diaryl/α,β-unsaturated/α-hetero) is 2. The van der Waals surface area contributed by atoms with Crippen LogP contribution in [0.15, 0.2) is 66.9 Å². The van der Waals surface area contributed by atoms with Gasteiger partial charge in [0.1, 0.15) is 11.4 Å². The number of ether oxygens (including phenoxy) is 1. The quantitative estimate of drug-likeness (QED) is 0.0970. The highest BCUT2D eigenvalue weighted by Gasteiger charge is 2.38. The highest BCUT2D eigenvalue weighted by atomic mass is 19.4. The van der Waals surface area contributed by atoms with Crippen LogP contribution in [0.1, 0.15) is 94.6 Å². The van der Waals surface area contributed by atoms with Crippen molar-refractivity contribution >= 4 is 46.1 Å². The number of aromatic amines is 1. The number of carboxylic acids is 1. The van der Waals surface area contributed by atoms with E-state index < -0.39 is 29.8 Å². The van der Waals surface area contributed by atoms with Crippen molar-refractivity contribution in [2.24, 2.45) is 23.7 Å². The second-order valence-corrected chi connectivity index (χ2v) is 16.4. The van der Waals surface area contributed by atoms with Gasteiger partial charge >= 0.3 is 18.2 Å². The average molecular weight is 807 g/mol. The number of nitrogens with zero attached hydrogens (tertiary/aromatic N) is 1. The normalized spacial score (nSPS) is 16.2. The topological polar surface area (TPSA) is 168 Å². The van der Waals surface area contributed by atoms with Gasteiger partial charge in [-0.25, -0.2) is 9.59 Å². The zero-order chi connectivity index (χ0) is 42.8. The largest absolute Gasteiger partial charge is 0.490 e. The van der Waals surface area contributed by atoms with E-state index in [1.54, 1.807) is 6.20 Å². The van der Waals surface area contributed by atoms with Gasteiger partial charge in [0.25, 0.3) is 0 Å². The highest BCUT2D eigenvalue weighted by Crippen LogP contribution is 2.32. The standard InChI is InChI=1S/C42H52N4O5.C2HF3O2/c1-26(2)19-38(47)32-16-18-36(27(3)20-32)30-11-7-28(8-12-30)21-34(40(49)45-35-17-15-33-25-44-46-37(33)23-35)22-39(48)31-13-9-29(10-14-31)24-43-41(50)51-42(4,5)6;3-2(4,5)1(6)7/h7-8,11-12,15-18,20,23,25-26,29,31,34H,9-10,13-14,19,21-22,24H2,1-6H3,(H,43,50)(H,44,46)(H,45,49);(H,6,7)/t29?,31?,34-;/m1./s1. The maximum absolute atomic E-state index is 13.8. The first-order chi connectivity index (χ1) is 27.2. The fourth-order valence-electron chi connectivity index (χ4n) is 6.91. The van der Waals surface area contributed by atoms with Gasteiger partial charge in [-0.2, -0.15) is 18.3 Å². The molecule has 58 heavy (non-hydrogen) atoms. The zero-order valence-corrected chi connectivity index (χ0v) is 33.8. The summed E-state index contributed by atoms with van der Waals surface area (Å²) >= 11 is 0. The van der Waals surface area contributed by atoms with Gasteiger partial charge in [-0.15, -0.1) is 0 Å². The number of anilines is 1. The molecule has 0 unspecified atom stereocenters. The summed E-state index contributed by atoms with van der Waals surface area (Å²) in [6, 6.07) is 19.6. The SMILES string of the molecule is Cc1cc(C(=O)CC(C)C)ccc1-c1ccc(C[C@H](CC(=O)C2CCC(CNC(=O)OC(C)(C)C)CC2)C(=O)Nc2ccc3cn[nH]c3c2)cc1.O=C(O)C(F)(F)F. The molecule has 1 fully saturated rings. The number of ketones is 2. The monoisotopic (exact) mass is 806 g/mol. The van der Waals surface area contributed by atoms with Crippen LogP contribution in [0.5, 0.6) is 0 Å². The Bertz CT molecular complexity index is 2060. The van der Waals surface area contributed by atoms with Gasteiger partial charge in [-0.05, 0) is 118 Å². The van der Waals surface area contributed by atoms with Crippen LogP contribution in [-0.4, -0.2) is 63.2 Å². The molecule has 0 radical (unpaired) electrons. The Hall–Kier alpha value is -5.53. The smallest absolute Gasteiger partial charge is 0.475 e. The number of alkyl halides is 3. The lowest BCUT2D eigenvalue weighted by atomic mass is 9.77. The van der Waals surface area contributed by atoms with E-state index in [-0.39, 0.29) is 35.7 Å². The van der Waals surface area contributed by atoms with Gasteiger partial charge in [0.2, 0.25) is 5.91 Å². The number of carbonyl (C=O) groups excluding carboxylic acids is 4. The molecule has 4 aromatic rings. The summed E-state index contributed by atoms with van der Waals surface area (Å²) in [6.07, 6.45) is 0.462. The van der Waals surface area contributed by atoms with Crippen molar-refractivity contribution in [2.75, 3.05) is 11.9 Å². The van der Waals surface area contributed by atoms with Gasteiger partial charge < -0.3 is 20.5 Å². The Morgan fingerprint density at radius 2 is 1.57 bits per heavy atom. The van der Waals surface area contributed by atoms with Crippen molar-refractivity contribution in [1.29, 1.82) is 0 Å². The van der Waals surface area contributed by atoms with Gasteiger partial charge in [0, 0.05) is 47.9 Å². The first kappa shape index (κ1) is 45.2. The van der Waals surface area contributed by atoms with Crippen LogP contribution in [0.25, 0.3) is 22.0 Å². The predicted octanol–water partition coefficient (Wildman–Crippen LogP) is 9.49. The number of benzene rings is 3. The summed E-state index contributed by atoms with van der Waals surface area (Å²) < 4.78 is 37.1. The van der Waals surface area contributed by atoms with E-state index in [2.05, 4.69) is 20.8 Å². The molecule has 4 N–H and O–H groups in total. The van der Waals surface area contributed by atoms with Crippen molar-refractivity contribution in [1.82, 2.24) is 15.5 Å². The number of amides is 2. The number of hydrogen-bond donors (Lipinski definition) is 4. The van der Waals surface area contributed by atoms with Crippen LogP contribution in [0.3, 0.4) is 0 Å². The molecule has 0 bridgehead atoms. The molecular weight excluding hydrogens is 753 g/mol. The molecule has 1 aromatic heterocycles. The maximum Gasteiger partial charge on any atom is 0.490 e. The number of aryl methyl sites for hydroxylation is 1. The van der Waals surface area contributed by atoms with Crippen LogP contribution in [0.2, 0.25) is 0 Å². The fraction of sp³-hybridized carbons (Fsp3) is 0.455. The molecule has 1 aliphatic rings. The van der Waals surface area contributed by atoms with Crippen LogP contribution in [0, 0.1) is 30.6 Å². The van der Waals surface area contributed by atoms with Crippen molar-refractivity contribution in [3.63, 3.8) is 0 Å². The van der Waals surface area contributed by atoms with Crippen molar-refractivity contribution < 1.29 is 47.0 Å². The molecule has 1 atom stereocenters. The molecule has 3 aromatic carbocycles. The number of carboxylic acid groups (broad SMARTS) is 1. The van der Waals surface area contributed by atoms with Crippen LogP contribution >= 0.6 is 0 Å². The second-order valence-electron chi connectivity index (χ2n) is 16.4. The molecule has 2 amide bonds. The van der Waals surface area contributed by atoms with Gasteiger partial charge in [-0.1, -0.05) is 50.2 Å². The summed E-state index contributed by atoms with van der Waals surface area (Å²) in [7, 11) is 0. The molecule has 0 spiro atoms. The molecule has 312 valence electrons. The summed E-state index contributed by atoms with van der Waals surface area (Å²) in [5.74, 6) is -2.76. The number of aromatic nitrogens is 2. The second kappa shape index (κ2) is 19.8. The lowest BCUT2D eigenvalue weighted by Crippen LogP contribution is -2.37. The van der Waals surface area contributed by atoms with Crippen molar-refractivity contribution in [3.8, 4) is 11.1 Å². The van der Waals surface area contributed by atoms with Gasteiger partial charge in [0.05, 0.1) is 11.7 Å². The molecule has 5 rings (SSSR count). The number of aliphatic carboxylic acids is 1. The molecule has 0 saturated heterocycles. The van der Waals surface area contributed by atoms with Crippen LogP contribution in [-0.2, 0) is 25.5 Å². The lowest BCUT2D eigenvalue weighted by molar-refractivity contribution is -0.192. The van der Waals surface area contributed by atoms with E-state index in [1.807, 2.05) is 102 Å². The molecular formula is C44H53F3N4O7. The van der Waals surface area contributed by atoms with Crippen LogP contribution in [0.4, 0.5) is 23.7 Å². The highest BCUT2D eigenvalue weighted by molar-refractivity contribution is 5.98. The lowest BCUT2D eigenvalue weighted by Gasteiger charge is -2.29. The molecule has 14 heteroatoms. The fourth-order valence-corrected chi connectivity index (χ4v) is 6.91. The minimum atomic E-state index is -5.08. The summed E-state index contributed by atoms with van der Waals surface area (Å²) in [5.41, 5.74) is 5.73. The van der Waals surface area contributed by atoms with E-state index in [0.29, 0.717) is 31.0 Å². The Balaban J connectivity index is 0.000000973. The van der Waals surface area contributed by atoms with Crippen molar-refractivity contribution in [3.05, 3.63) is 83.6 Å². The Kier molecular flexibility index (Phi) is 15.4. The summed E-state index contributed by atoms with van der Waals surface area (Å²) in [4.78, 5) is 61.2. The molecule has 1 saturated carbocycles. The van der Waals surface area contributed by atoms with Crippen LogP contribution < -0.4 is 10.6 Å². The summed E-state index contributed by atoms with van der Waals surface area (Å²) in [6.45, 7) is 12.2. The Morgan fingerprint density at radius 1 is 0.914 bits per heavy atom. The van der Waals surface area contributed by atoms with Crippen molar-refractivity contribution in [2.45, 2.75) is 98.3 Å². The third-order valence-electron chi connectivity index (χ3n) is 9.90. The van der Waals surface area contributed by atoms with Gasteiger partial charge in [0.15, 0.2) is 5.78 Å². The number of nitrogens with one attached hydrogen (secondary N) is 3. The predicted molar refractivity (Wildman–Crippen MR) is 215 cm³/mol. The summed E-state index contributed by atoms with van der Waals surface area (Å²) in [5, 5.41) is 21.0. The molecule has 1 aliphatic carbocycles. The first-order valence-corrected chi connectivity index (χ1v) is 19.4. The average Bonchev–Trinajstić information content (AvgIpc) is 3.61. The number of fused-ring (bicyclic) bond motifs is 1. The van der Waals surface area contributed by atoms with Gasteiger partial charge in [-0.3, -0.25) is 19.5 Å². The number of halogens is 3.